The Labute approximate surface area is 154 Å². The summed E-state index contributed by atoms with van der Waals surface area (Å²) in [4.78, 5) is 13.0. The zero-order chi connectivity index (χ0) is 18.6. The van der Waals surface area contributed by atoms with Gasteiger partial charge in [-0.15, -0.1) is 0 Å². The monoisotopic (exact) mass is 356 g/mol. The third kappa shape index (κ3) is 2.87. The normalized spacial score (nSPS) is 37.9. The summed E-state index contributed by atoms with van der Waals surface area (Å²) in [6.45, 7) is 4.72. The van der Waals surface area contributed by atoms with Crippen molar-refractivity contribution in [2.24, 2.45) is 27.3 Å². The molecule has 4 saturated carbocycles. The van der Waals surface area contributed by atoms with Gasteiger partial charge in [0.25, 0.3) is 0 Å². The van der Waals surface area contributed by atoms with E-state index >= 15 is 0 Å². The molecule has 0 aliphatic heterocycles. The van der Waals surface area contributed by atoms with Crippen LogP contribution in [-0.2, 0) is 4.79 Å². The number of nitrogens with zero attached hydrogens (tertiary/aromatic N) is 1. The van der Waals surface area contributed by atoms with Gasteiger partial charge in [0.15, 0.2) is 11.5 Å². The van der Waals surface area contributed by atoms with Crippen LogP contribution in [0.5, 0.6) is 11.5 Å². The van der Waals surface area contributed by atoms with Crippen LogP contribution in [0.3, 0.4) is 0 Å². The van der Waals surface area contributed by atoms with E-state index in [1.807, 2.05) is 0 Å². The van der Waals surface area contributed by atoms with Gasteiger partial charge >= 0.3 is 0 Å². The molecule has 0 saturated heterocycles. The van der Waals surface area contributed by atoms with E-state index in [2.05, 4.69) is 24.4 Å². The average molecular weight is 356 g/mol. The fourth-order valence-corrected chi connectivity index (χ4v) is 6.77. The fraction of sp³-hybridized carbons (Fsp3) is 0.619. The molecule has 140 valence electrons. The molecule has 2 atom stereocenters. The fourth-order valence-electron chi connectivity index (χ4n) is 6.77. The van der Waals surface area contributed by atoms with Crippen LogP contribution in [0.2, 0.25) is 0 Å². The van der Waals surface area contributed by atoms with E-state index in [0.29, 0.717) is 28.1 Å². The Balaban J connectivity index is 1.48. The van der Waals surface area contributed by atoms with Crippen LogP contribution in [0.1, 0.15) is 57.9 Å². The van der Waals surface area contributed by atoms with E-state index < -0.39 is 0 Å². The van der Waals surface area contributed by atoms with Crippen LogP contribution in [0.15, 0.2) is 23.3 Å². The molecule has 2 N–H and O–H groups in total. The number of nitrogens with one attached hydrogen (secondary N) is 1. The Kier molecular flexibility index (Phi) is 3.83. The lowest BCUT2D eigenvalue weighted by atomic mass is 9.40. The number of hydrogen-bond acceptors (Lipinski definition) is 4. The van der Waals surface area contributed by atoms with E-state index in [9.17, 15) is 9.90 Å². The number of aromatic hydroxyl groups is 1. The number of methoxy groups -OCH3 is 1. The van der Waals surface area contributed by atoms with Crippen LogP contribution in [0.4, 0.5) is 0 Å². The highest BCUT2D eigenvalue weighted by Gasteiger charge is 2.62. The zero-order valence-corrected chi connectivity index (χ0v) is 15.8. The van der Waals surface area contributed by atoms with Crippen LogP contribution >= 0.6 is 0 Å². The van der Waals surface area contributed by atoms with E-state index in [0.717, 1.165) is 19.3 Å². The van der Waals surface area contributed by atoms with Crippen molar-refractivity contribution in [1.29, 1.82) is 0 Å². The molecule has 2 unspecified atom stereocenters. The first kappa shape index (κ1) is 17.4. The molecule has 26 heavy (non-hydrogen) atoms. The van der Waals surface area contributed by atoms with Gasteiger partial charge in [0.2, 0.25) is 5.91 Å². The summed E-state index contributed by atoms with van der Waals surface area (Å²) < 4.78 is 5.04. The van der Waals surface area contributed by atoms with Crippen LogP contribution < -0.4 is 10.2 Å². The highest BCUT2D eigenvalue weighted by Crippen LogP contribution is 2.69. The lowest BCUT2D eigenvalue weighted by Crippen LogP contribution is -2.59. The predicted octanol–water partition coefficient (Wildman–Crippen LogP) is 3.85. The predicted molar refractivity (Wildman–Crippen MR) is 100 cm³/mol. The number of carbonyl (C=O) groups is 1. The zero-order valence-electron chi connectivity index (χ0n) is 15.8. The standard InChI is InChI=1S/C21H28N2O3/c1-19-7-15-8-20(2,11-19)13-21(9-15,12-19)18(25)23-22-10-14-4-5-17(26-3)16(24)6-14/h4-6,10,15,24H,7-9,11-13H2,1-3H3,(H,23,25)/b22-10+. The molecule has 4 bridgehead atoms. The largest absolute Gasteiger partial charge is 0.504 e. The second-order valence-electron chi connectivity index (χ2n) is 9.54. The van der Waals surface area contributed by atoms with Gasteiger partial charge < -0.3 is 9.84 Å². The van der Waals surface area contributed by atoms with Crippen LogP contribution in [-0.4, -0.2) is 24.3 Å². The van der Waals surface area contributed by atoms with Gasteiger partial charge in [0, 0.05) is 0 Å². The first-order chi connectivity index (χ1) is 12.2. The topological polar surface area (TPSA) is 70.9 Å². The van der Waals surface area contributed by atoms with Crippen molar-refractivity contribution < 1.29 is 14.6 Å². The smallest absolute Gasteiger partial charge is 0.246 e. The highest BCUT2D eigenvalue weighted by atomic mass is 16.5. The van der Waals surface area contributed by atoms with E-state index in [1.54, 1.807) is 24.4 Å². The molecule has 4 aliphatic rings. The third-order valence-corrected chi connectivity index (χ3v) is 6.69. The molecule has 0 spiro atoms. The van der Waals surface area contributed by atoms with Gasteiger partial charge in [-0.3, -0.25) is 4.79 Å². The summed E-state index contributed by atoms with van der Waals surface area (Å²) in [5.41, 5.74) is 3.85. The lowest BCUT2D eigenvalue weighted by Gasteiger charge is -2.64. The second kappa shape index (κ2) is 5.73. The molecule has 5 nitrogen and oxygen atoms in total. The maximum Gasteiger partial charge on any atom is 0.246 e. The Morgan fingerprint density at radius 2 is 1.92 bits per heavy atom. The van der Waals surface area contributed by atoms with E-state index in [-0.39, 0.29) is 17.1 Å². The summed E-state index contributed by atoms with van der Waals surface area (Å²) in [7, 11) is 1.51. The summed E-state index contributed by atoms with van der Waals surface area (Å²) in [5, 5.41) is 14.0. The Bertz CT molecular complexity index is 755. The number of amides is 1. The van der Waals surface area contributed by atoms with Gasteiger partial charge in [-0.05, 0) is 79.0 Å². The Morgan fingerprint density at radius 3 is 2.50 bits per heavy atom. The van der Waals surface area contributed by atoms with Gasteiger partial charge in [0.05, 0.1) is 18.7 Å². The highest BCUT2D eigenvalue weighted by molar-refractivity contribution is 5.86. The first-order valence-corrected chi connectivity index (χ1v) is 9.46. The summed E-state index contributed by atoms with van der Waals surface area (Å²) in [6.07, 6.45) is 8.33. The van der Waals surface area contributed by atoms with Crippen molar-refractivity contribution >= 4 is 12.1 Å². The van der Waals surface area contributed by atoms with Crippen molar-refractivity contribution in [3.05, 3.63) is 23.8 Å². The minimum atomic E-state index is -0.262. The summed E-state index contributed by atoms with van der Waals surface area (Å²) >= 11 is 0. The van der Waals surface area contributed by atoms with Crippen molar-refractivity contribution in [3.63, 3.8) is 0 Å². The summed E-state index contributed by atoms with van der Waals surface area (Å²) in [6, 6.07) is 5.04. The Hall–Kier alpha value is -2.04. The van der Waals surface area contributed by atoms with Crippen LogP contribution in [0.25, 0.3) is 0 Å². The molecule has 1 aromatic rings. The number of rotatable bonds is 4. The van der Waals surface area contributed by atoms with Gasteiger partial charge in [-0.25, -0.2) is 5.43 Å². The minimum Gasteiger partial charge on any atom is -0.504 e. The van der Waals surface area contributed by atoms with Crippen molar-refractivity contribution in [2.45, 2.75) is 52.4 Å². The second-order valence-corrected chi connectivity index (χ2v) is 9.54. The number of phenols is 1. The molecule has 1 aromatic carbocycles. The molecule has 0 heterocycles. The molecule has 0 radical (unpaired) electrons. The van der Waals surface area contributed by atoms with E-state index in [1.165, 1.54) is 26.4 Å². The minimum absolute atomic E-state index is 0.0599. The molecule has 5 rings (SSSR count). The third-order valence-electron chi connectivity index (χ3n) is 6.69. The van der Waals surface area contributed by atoms with E-state index in [4.69, 9.17) is 4.74 Å². The number of carbonyl (C=O) groups excluding carboxylic acids is 1. The van der Waals surface area contributed by atoms with Crippen LogP contribution in [0, 0.1) is 22.2 Å². The van der Waals surface area contributed by atoms with Crippen molar-refractivity contribution in [2.75, 3.05) is 7.11 Å². The molecule has 4 aliphatic carbocycles. The Morgan fingerprint density at radius 1 is 1.23 bits per heavy atom. The number of ether oxygens (including phenoxy) is 1. The number of hydrogen-bond donors (Lipinski definition) is 2. The quantitative estimate of drug-likeness (QED) is 0.636. The van der Waals surface area contributed by atoms with Gasteiger partial charge in [-0.1, -0.05) is 13.8 Å². The summed E-state index contributed by atoms with van der Waals surface area (Å²) in [5.74, 6) is 1.22. The molecular weight excluding hydrogens is 328 g/mol. The van der Waals surface area contributed by atoms with Gasteiger partial charge in [-0.2, -0.15) is 5.10 Å². The maximum absolute atomic E-state index is 13.0. The molecule has 5 heteroatoms. The lowest BCUT2D eigenvalue weighted by molar-refractivity contribution is -0.170. The van der Waals surface area contributed by atoms with Crippen molar-refractivity contribution in [1.82, 2.24) is 5.43 Å². The number of benzene rings is 1. The first-order valence-electron chi connectivity index (χ1n) is 9.46. The number of hydrazone groups is 1. The number of phenolic OH excluding ortho intramolecular Hbond substituents is 1. The van der Waals surface area contributed by atoms with Crippen molar-refractivity contribution in [3.8, 4) is 11.5 Å². The molecular formula is C21H28N2O3. The van der Waals surface area contributed by atoms with Gasteiger partial charge in [0.1, 0.15) is 0 Å². The maximum atomic E-state index is 13.0. The molecule has 4 fully saturated rings. The average Bonchev–Trinajstić information content (AvgIpc) is 2.51. The SMILES string of the molecule is COc1ccc(/C=N/NC(=O)C23CC4CC(C)(CC(C)(C4)C2)C3)cc1O. The molecule has 0 aromatic heterocycles. The molecule has 1 amide bonds.